The van der Waals surface area contributed by atoms with Crippen molar-refractivity contribution in [2.45, 2.75) is 78.6 Å². The van der Waals surface area contributed by atoms with Gasteiger partial charge in [0.25, 0.3) is 0 Å². The maximum absolute atomic E-state index is 4.74. The minimum Gasteiger partial charge on any atom is -0.236 e. The van der Waals surface area contributed by atoms with E-state index in [1.54, 1.807) is 0 Å². The molecule has 1 aromatic heterocycles. The smallest absolute Gasteiger partial charge is 0.159 e. The average molecular weight is 325 g/mol. The lowest BCUT2D eigenvalue weighted by molar-refractivity contribution is 0.606. The van der Waals surface area contributed by atoms with Crippen LogP contribution in [0.3, 0.4) is 0 Å². The SMILES string of the molecule is CCCCCCCCc1cnc(-c2ccc(CCC)cc2)nc1C. The van der Waals surface area contributed by atoms with Crippen LogP contribution in [0.1, 0.15) is 75.6 Å². The molecule has 0 radical (unpaired) electrons. The fourth-order valence-corrected chi connectivity index (χ4v) is 3.08. The molecule has 0 aliphatic heterocycles. The standard InChI is InChI=1S/C22H32N2/c1-4-6-7-8-9-10-12-21-17-23-22(24-18(21)3)20-15-13-19(11-5-2)14-16-20/h13-17H,4-12H2,1-3H3. The molecule has 130 valence electrons. The normalized spacial score (nSPS) is 11.0. The summed E-state index contributed by atoms with van der Waals surface area (Å²) in [6, 6.07) is 8.68. The molecular weight excluding hydrogens is 292 g/mol. The van der Waals surface area contributed by atoms with Crippen LogP contribution in [0.2, 0.25) is 0 Å². The molecule has 0 aliphatic carbocycles. The molecule has 0 bridgehead atoms. The van der Waals surface area contributed by atoms with Gasteiger partial charge in [-0.1, -0.05) is 76.6 Å². The molecule has 0 spiro atoms. The lowest BCUT2D eigenvalue weighted by atomic mass is 10.0. The first-order valence-electron chi connectivity index (χ1n) is 9.66. The Hall–Kier alpha value is -1.70. The van der Waals surface area contributed by atoms with Crippen molar-refractivity contribution in [3.05, 3.63) is 47.3 Å². The van der Waals surface area contributed by atoms with Crippen molar-refractivity contribution in [3.63, 3.8) is 0 Å². The molecule has 0 N–H and O–H groups in total. The minimum absolute atomic E-state index is 0.849. The number of hydrogen-bond donors (Lipinski definition) is 0. The Balaban J connectivity index is 1.91. The Bertz CT molecular complexity index is 602. The third kappa shape index (κ3) is 5.74. The van der Waals surface area contributed by atoms with E-state index in [4.69, 9.17) is 4.98 Å². The van der Waals surface area contributed by atoms with Gasteiger partial charge in [-0.05, 0) is 37.3 Å². The second-order valence-electron chi connectivity index (χ2n) is 6.77. The first-order valence-corrected chi connectivity index (χ1v) is 9.66. The van der Waals surface area contributed by atoms with Crippen LogP contribution in [-0.2, 0) is 12.8 Å². The zero-order valence-electron chi connectivity index (χ0n) is 15.6. The second kappa shape index (κ2) is 10.2. The van der Waals surface area contributed by atoms with E-state index < -0.39 is 0 Å². The number of unbranched alkanes of at least 4 members (excludes halogenated alkanes) is 5. The Kier molecular flexibility index (Phi) is 7.94. The van der Waals surface area contributed by atoms with E-state index in [1.165, 1.54) is 56.1 Å². The lowest BCUT2D eigenvalue weighted by Gasteiger charge is -2.08. The van der Waals surface area contributed by atoms with Crippen LogP contribution in [0.4, 0.5) is 0 Å². The second-order valence-corrected chi connectivity index (χ2v) is 6.77. The highest BCUT2D eigenvalue weighted by Crippen LogP contribution is 2.19. The highest BCUT2D eigenvalue weighted by atomic mass is 14.9. The molecule has 1 heterocycles. The van der Waals surface area contributed by atoms with Crippen LogP contribution in [-0.4, -0.2) is 9.97 Å². The Morgan fingerprint density at radius 2 is 1.50 bits per heavy atom. The molecule has 2 rings (SSSR count). The molecule has 2 nitrogen and oxygen atoms in total. The first-order chi connectivity index (χ1) is 11.7. The van der Waals surface area contributed by atoms with Gasteiger partial charge in [-0.15, -0.1) is 0 Å². The number of aryl methyl sites for hydroxylation is 3. The molecule has 2 aromatic rings. The van der Waals surface area contributed by atoms with E-state index in [0.29, 0.717) is 0 Å². The van der Waals surface area contributed by atoms with Crippen LogP contribution >= 0.6 is 0 Å². The summed E-state index contributed by atoms with van der Waals surface area (Å²) in [5.74, 6) is 0.849. The third-order valence-corrected chi connectivity index (χ3v) is 4.63. The van der Waals surface area contributed by atoms with E-state index >= 15 is 0 Å². The van der Waals surface area contributed by atoms with Gasteiger partial charge in [0.2, 0.25) is 0 Å². The molecule has 0 fully saturated rings. The predicted molar refractivity (Wildman–Crippen MR) is 103 cm³/mol. The molecule has 0 amide bonds. The van der Waals surface area contributed by atoms with Gasteiger partial charge in [0.1, 0.15) is 0 Å². The van der Waals surface area contributed by atoms with Gasteiger partial charge in [0, 0.05) is 17.5 Å². The zero-order chi connectivity index (χ0) is 17.2. The van der Waals surface area contributed by atoms with E-state index in [2.05, 4.69) is 50.0 Å². The fraction of sp³-hybridized carbons (Fsp3) is 0.545. The summed E-state index contributed by atoms with van der Waals surface area (Å²) < 4.78 is 0. The zero-order valence-corrected chi connectivity index (χ0v) is 15.6. The Morgan fingerprint density at radius 3 is 2.17 bits per heavy atom. The van der Waals surface area contributed by atoms with Crippen molar-refractivity contribution in [1.82, 2.24) is 9.97 Å². The third-order valence-electron chi connectivity index (χ3n) is 4.63. The van der Waals surface area contributed by atoms with Crippen LogP contribution in [0.5, 0.6) is 0 Å². The van der Waals surface area contributed by atoms with Crippen LogP contribution in [0.25, 0.3) is 11.4 Å². The van der Waals surface area contributed by atoms with Gasteiger partial charge in [0.15, 0.2) is 5.82 Å². The lowest BCUT2D eigenvalue weighted by Crippen LogP contribution is -1.98. The maximum Gasteiger partial charge on any atom is 0.159 e. The number of hydrogen-bond acceptors (Lipinski definition) is 2. The van der Waals surface area contributed by atoms with E-state index in [1.807, 2.05) is 6.20 Å². The van der Waals surface area contributed by atoms with Gasteiger partial charge in [-0.25, -0.2) is 9.97 Å². The number of nitrogens with zero attached hydrogens (tertiary/aromatic N) is 2. The first kappa shape index (κ1) is 18.6. The van der Waals surface area contributed by atoms with Crippen LogP contribution in [0.15, 0.2) is 30.5 Å². The molecule has 0 unspecified atom stereocenters. The van der Waals surface area contributed by atoms with Crippen molar-refractivity contribution in [2.75, 3.05) is 0 Å². The molecule has 0 aliphatic rings. The van der Waals surface area contributed by atoms with E-state index in [0.717, 1.165) is 29.9 Å². The summed E-state index contributed by atoms with van der Waals surface area (Å²) in [6.07, 6.45) is 13.4. The Morgan fingerprint density at radius 1 is 0.792 bits per heavy atom. The molecule has 24 heavy (non-hydrogen) atoms. The van der Waals surface area contributed by atoms with Gasteiger partial charge < -0.3 is 0 Å². The molecule has 0 saturated heterocycles. The van der Waals surface area contributed by atoms with E-state index in [-0.39, 0.29) is 0 Å². The van der Waals surface area contributed by atoms with Gasteiger partial charge in [0.05, 0.1) is 0 Å². The van der Waals surface area contributed by atoms with Crippen molar-refractivity contribution in [2.24, 2.45) is 0 Å². The van der Waals surface area contributed by atoms with Gasteiger partial charge in [-0.2, -0.15) is 0 Å². The summed E-state index contributed by atoms with van der Waals surface area (Å²) in [4.78, 5) is 9.34. The average Bonchev–Trinajstić information content (AvgIpc) is 2.60. The molecule has 2 heteroatoms. The Labute approximate surface area is 147 Å². The molecule has 0 saturated carbocycles. The molecule has 1 aromatic carbocycles. The monoisotopic (exact) mass is 324 g/mol. The fourth-order valence-electron chi connectivity index (χ4n) is 3.08. The largest absolute Gasteiger partial charge is 0.236 e. The van der Waals surface area contributed by atoms with Crippen LogP contribution < -0.4 is 0 Å². The van der Waals surface area contributed by atoms with Gasteiger partial charge >= 0.3 is 0 Å². The highest BCUT2D eigenvalue weighted by molar-refractivity contribution is 5.55. The van der Waals surface area contributed by atoms with Gasteiger partial charge in [-0.3, -0.25) is 0 Å². The van der Waals surface area contributed by atoms with Crippen molar-refractivity contribution >= 4 is 0 Å². The van der Waals surface area contributed by atoms with Crippen molar-refractivity contribution < 1.29 is 0 Å². The quantitative estimate of drug-likeness (QED) is 0.479. The van der Waals surface area contributed by atoms with Crippen LogP contribution in [0, 0.1) is 6.92 Å². The summed E-state index contributed by atoms with van der Waals surface area (Å²) in [5, 5.41) is 0. The summed E-state index contributed by atoms with van der Waals surface area (Å²) >= 11 is 0. The minimum atomic E-state index is 0.849. The highest BCUT2D eigenvalue weighted by Gasteiger charge is 2.06. The number of rotatable bonds is 10. The topological polar surface area (TPSA) is 25.8 Å². The summed E-state index contributed by atoms with van der Waals surface area (Å²) in [5.41, 5.74) is 4.93. The summed E-state index contributed by atoms with van der Waals surface area (Å²) in [6.45, 7) is 6.59. The molecular formula is C22H32N2. The van der Waals surface area contributed by atoms with Crippen molar-refractivity contribution in [3.8, 4) is 11.4 Å². The number of benzene rings is 1. The molecule has 0 atom stereocenters. The van der Waals surface area contributed by atoms with E-state index in [9.17, 15) is 0 Å². The maximum atomic E-state index is 4.74. The van der Waals surface area contributed by atoms with Crippen molar-refractivity contribution in [1.29, 1.82) is 0 Å². The number of aromatic nitrogens is 2. The predicted octanol–water partition coefficient (Wildman–Crippen LogP) is 6.31. The summed E-state index contributed by atoms with van der Waals surface area (Å²) in [7, 11) is 0.